The molecule has 0 saturated carbocycles. The second kappa shape index (κ2) is 5.14. The molecule has 0 amide bonds. The average Bonchev–Trinajstić information content (AvgIpc) is 2.95. The number of rotatable bonds is 3. The van der Waals surface area contributed by atoms with Crippen LogP contribution in [0.25, 0.3) is 11.0 Å². The van der Waals surface area contributed by atoms with Crippen molar-refractivity contribution >= 4 is 34.0 Å². The van der Waals surface area contributed by atoms with Crippen LogP contribution in [0.1, 0.15) is 16.3 Å². The number of imidazole rings is 1. The summed E-state index contributed by atoms with van der Waals surface area (Å²) >= 11 is 7.48. The normalized spacial score (nSPS) is 11.4. The molecule has 20 heavy (non-hydrogen) atoms. The van der Waals surface area contributed by atoms with Crippen LogP contribution in [0, 0.1) is 18.6 Å². The molecule has 0 atom stereocenters. The lowest BCUT2D eigenvalue weighted by atomic mass is 10.2. The van der Waals surface area contributed by atoms with Gasteiger partial charge in [-0.3, -0.25) is 0 Å². The summed E-state index contributed by atoms with van der Waals surface area (Å²) in [6.45, 7) is 2.53. The molecule has 3 aromatic rings. The number of hydrogen-bond donors (Lipinski definition) is 0. The molecule has 6 heteroatoms. The van der Waals surface area contributed by atoms with Gasteiger partial charge in [0.1, 0.15) is 17.2 Å². The molecule has 0 unspecified atom stereocenters. The topological polar surface area (TPSA) is 17.8 Å². The largest absolute Gasteiger partial charge is 0.321 e. The Bertz CT molecular complexity index is 779. The molecule has 0 spiro atoms. The van der Waals surface area contributed by atoms with Crippen molar-refractivity contribution in [2.24, 2.45) is 0 Å². The van der Waals surface area contributed by atoms with E-state index in [4.69, 9.17) is 11.6 Å². The molecule has 0 aliphatic carbocycles. The van der Waals surface area contributed by atoms with Gasteiger partial charge in [0.2, 0.25) is 0 Å². The van der Waals surface area contributed by atoms with Gasteiger partial charge >= 0.3 is 0 Å². The fourth-order valence-electron chi connectivity index (χ4n) is 2.19. The van der Waals surface area contributed by atoms with Gasteiger partial charge in [-0.25, -0.2) is 13.8 Å². The summed E-state index contributed by atoms with van der Waals surface area (Å²) in [6, 6.07) is 4.15. The SMILES string of the molecule is Cc1ccsc1Cn1c(CCl)nc2c(F)cc(F)cc21. The summed E-state index contributed by atoms with van der Waals surface area (Å²) < 4.78 is 29.0. The first-order valence-corrected chi connectivity index (χ1v) is 7.44. The maximum Gasteiger partial charge on any atom is 0.153 e. The highest BCUT2D eigenvalue weighted by Gasteiger charge is 2.16. The molecule has 104 valence electrons. The van der Waals surface area contributed by atoms with E-state index in [1.165, 1.54) is 6.07 Å². The van der Waals surface area contributed by atoms with Gasteiger partial charge in [0.25, 0.3) is 0 Å². The number of thiophene rings is 1. The van der Waals surface area contributed by atoms with Crippen LogP contribution in [-0.4, -0.2) is 9.55 Å². The molecular weight excluding hydrogens is 302 g/mol. The van der Waals surface area contributed by atoms with Gasteiger partial charge in [0.15, 0.2) is 5.82 Å². The Hall–Kier alpha value is -1.46. The van der Waals surface area contributed by atoms with Crippen molar-refractivity contribution in [1.82, 2.24) is 9.55 Å². The van der Waals surface area contributed by atoms with E-state index in [9.17, 15) is 8.78 Å². The van der Waals surface area contributed by atoms with E-state index < -0.39 is 11.6 Å². The maximum atomic E-state index is 13.8. The zero-order valence-electron chi connectivity index (χ0n) is 10.7. The smallest absolute Gasteiger partial charge is 0.153 e. The van der Waals surface area contributed by atoms with E-state index >= 15 is 0 Å². The van der Waals surface area contributed by atoms with Crippen LogP contribution in [-0.2, 0) is 12.4 Å². The van der Waals surface area contributed by atoms with Gasteiger partial charge in [0.05, 0.1) is 17.9 Å². The number of alkyl halides is 1. The van der Waals surface area contributed by atoms with Gasteiger partial charge in [-0.2, -0.15) is 0 Å². The van der Waals surface area contributed by atoms with Crippen LogP contribution in [0.3, 0.4) is 0 Å². The summed E-state index contributed by atoms with van der Waals surface area (Å²) in [5.41, 5.74) is 1.75. The first-order valence-electron chi connectivity index (χ1n) is 6.03. The van der Waals surface area contributed by atoms with Crippen LogP contribution in [0.2, 0.25) is 0 Å². The van der Waals surface area contributed by atoms with Crippen molar-refractivity contribution < 1.29 is 8.78 Å². The highest BCUT2D eigenvalue weighted by atomic mass is 35.5. The van der Waals surface area contributed by atoms with Crippen LogP contribution < -0.4 is 0 Å². The lowest BCUT2D eigenvalue weighted by Crippen LogP contribution is -2.03. The minimum Gasteiger partial charge on any atom is -0.321 e. The van der Waals surface area contributed by atoms with Crippen LogP contribution >= 0.6 is 22.9 Å². The van der Waals surface area contributed by atoms with E-state index in [0.717, 1.165) is 16.5 Å². The second-order valence-corrected chi connectivity index (χ2v) is 5.80. The Morgan fingerprint density at radius 2 is 2.15 bits per heavy atom. The monoisotopic (exact) mass is 312 g/mol. The molecule has 2 nitrogen and oxygen atoms in total. The van der Waals surface area contributed by atoms with E-state index in [-0.39, 0.29) is 11.4 Å². The van der Waals surface area contributed by atoms with Gasteiger partial charge in [0, 0.05) is 10.9 Å². The summed E-state index contributed by atoms with van der Waals surface area (Å²) in [5.74, 6) is -0.577. The number of aryl methyl sites for hydroxylation is 1. The third kappa shape index (κ3) is 2.21. The van der Waals surface area contributed by atoms with Crippen molar-refractivity contribution in [3.8, 4) is 0 Å². The molecule has 0 aliphatic rings. The Morgan fingerprint density at radius 3 is 2.80 bits per heavy atom. The van der Waals surface area contributed by atoms with Gasteiger partial charge < -0.3 is 4.57 Å². The fraction of sp³-hybridized carbons (Fsp3) is 0.214. The molecule has 0 fully saturated rings. The summed E-state index contributed by atoms with van der Waals surface area (Å²) in [4.78, 5) is 5.30. The highest BCUT2D eigenvalue weighted by molar-refractivity contribution is 7.10. The lowest BCUT2D eigenvalue weighted by molar-refractivity contribution is 0.590. The molecular formula is C14H11ClF2N2S. The molecule has 0 saturated heterocycles. The number of aromatic nitrogens is 2. The predicted octanol–water partition coefficient (Wildman–Crippen LogP) is 4.47. The Labute approximate surface area is 123 Å². The number of fused-ring (bicyclic) bond motifs is 1. The third-order valence-electron chi connectivity index (χ3n) is 3.24. The van der Waals surface area contributed by atoms with Gasteiger partial charge in [-0.05, 0) is 30.0 Å². The first kappa shape index (κ1) is 13.5. The van der Waals surface area contributed by atoms with Crippen molar-refractivity contribution in [2.75, 3.05) is 0 Å². The highest BCUT2D eigenvalue weighted by Crippen LogP contribution is 2.25. The Balaban J connectivity index is 2.20. The van der Waals surface area contributed by atoms with Gasteiger partial charge in [-0.1, -0.05) is 0 Å². The van der Waals surface area contributed by atoms with E-state index in [2.05, 4.69) is 4.98 Å². The quantitative estimate of drug-likeness (QED) is 0.652. The zero-order chi connectivity index (χ0) is 14.3. The van der Waals surface area contributed by atoms with Crippen LogP contribution in [0.15, 0.2) is 23.6 Å². The second-order valence-electron chi connectivity index (χ2n) is 4.53. The molecule has 0 bridgehead atoms. The third-order valence-corrected chi connectivity index (χ3v) is 4.49. The molecule has 3 rings (SSSR count). The summed E-state index contributed by atoms with van der Waals surface area (Å²) in [5, 5.41) is 1.99. The molecule has 0 aliphatic heterocycles. The van der Waals surface area contributed by atoms with Crippen molar-refractivity contribution in [3.05, 3.63) is 51.5 Å². The van der Waals surface area contributed by atoms with Crippen molar-refractivity contribution in [2.45, 2.75) is 19.3 Å². The fourth-order valence-corrected chi connectivity index (χ4v) is 3.28. The minimum atomic E-state index is -0.659. The predicted molar refractivity (Wildman–Crippen MR) is 77.4 cm³/mol. The molecule has 0 N–H and O–H groups in total. The molecule has 0 radical (unpaired) electrons. The number of halogens is 3. The number of hydrogen-bond acceptors (Lipinski definition) is 2. The first-order chi connectivity index (χ1) is 9.60. The Kier molecular flexibility index (Phi) is 3.48. The minimum absolute atomic E-state index is 0.153. The summed E-state index contributed by atoms with van der Waals surface area (Å²) in [6.07, 6.45) is 0. The average molecular weight is 313 g/mol. The Morgan fingerprint density at radius 1 is 1.35 bits per heavy atom. The van der Waals surface area contributed by atoms with E-state index in [1.54, 1.807) is 15.9 Å². The standard InChI is InChI=1S/C14H11ClF2N2S/c1-8-2-3-20-12(8)7-19-11-5-9(16)4-10(17)14(11)18-13(19)6-15/h2-5H,6-7H2,1H3. The zero-order valence-corrected chi connectivity index (χ0v) is 12.2. The maximum absolute atomic E-state index is 13.8. The van der Waals surface area contributed by atoms with Crippen LogP contribution in [0.5, 0.6) is 0 Å². The van der Waals surface area contributed by atoms with Crippen molar-refractivity contribution in [3.63, 3.8) is 0 Å². The summed E-state index contributed by atoms with van der Waals surface area (Å²) in [7, 11) is 0. The number of nitrogens with zero attached hydrogens (tertiary/aromatic N) is 2. The lowest BCUT2D eigenvalue weighted by Gasteiger charge is -2.07. The van der Waals surface area contributed by atoms with Crippen molar-refractivity contribution in [1.29, 1.82) is 0 Å². The van der Waals surface area contributed by atoms with Crippen LogP contribution in [0.4, 0.5) is 8.78 Å². The molecule has 1 aromatic carbocycles. The number of benzene rings is 1. The van der Waals surface area contributed by atoms with E-state index in [1.807, 2.05) is 18.4 Å². The molecule has 2 aromatic heterocycles. The van der Waals surface area contributed by atoms with E-state index in [0.29, 0.717) is 17.9 Å². The van der Waals surface area contributed by atoms with Gasteiger partial charge in [-0.15, -0.1) is 22.9 Å². The molecule has 2 heterocycles.